The molecule has 1 saturated heterocycles. The molecule has 0 aromatic heterocycles. The first-order chi connectivity index (χ1) is 43.0. The van der Waals surface area contributed by atoms with Crippen molar-refractivity contribution in [1.82, 2.24) is 4.90 Å². The molecule has 1 N–H and O–H groups in total. The van der Waals surface area contributed by atoms with Crippen molar-refractivity contribution >= 4 is 58.6 Å². The first-order valence-corrected chi connectivity index (χ1v) is 37.0. The van der Waals surface area contributed by atoms with Gasteiger partial charge in [0.05, 0.1) is 48.2 Å². The van der Waals surface area contributed by atoms with Crippen LogP contribution in [0.1, 0.15) is 171 Å². The predicted octanol–water partition coefficient (Wildman–Crippen LogP) is 14.7. The third-order valence-corrected chi connectivity index (χ3v) is 25.6. The number of carbonyl (C=O) groups is 2. The molecule has 0 saturated carbocycles. The van der Waals surface area contributed by atoms with Gasteiger partial charge in [0.1, 0.15) is 0 Å². The molecular weight excluding hydrogens is 1240 g/mol. The lowest BCUT2D eigenvalue weighted by atomic mass is 9.84. The zero-order chi connectivity index (χ0) is 67.2. The number of rotatable bonds is 18. The molecule has 7 aromatic carbocycles. The summed E-state index contributed by atoms with van der Waals surface area (Å²) in [4.78, 5) is 28.6. The molecule has 0 bridgehead atoms. The number of nitrogens with zero attached hydrogens (tertiary/aromatic N) is 2. The van der Waals surface area contributed by atoms with Gasteiger partial charge in [0.15, 0.2) is 41.0 Å². The van der Waals surface area contributed by atoms with Crippen molar-refractivity contribution in [3.63, 3.8) is 0 Å². The quantitative estimate of drug-likeness (QED) is 0.0804. The number of hydrogen-bond acceptors (Lipinski definition) is 12. The molecule has 92 heavy (non-hydrogen) atoms. The van der Waals surface area contributed by atoms with Gasteiger partial charge < -0.3 is 19.5 Å². The Morgan fingerprint density at radius 1 is 0.478 bits per heavy atom. The van der Waals surface area contributed by atoms with Crippen molar-refractivity contribution in [2.45, 2.75) is 178 Å². The van der Waals surface area contributed by atoms with Gasteiger partial charge in [0, 0.05) is 29.8 Å². The summed E-state index contributed by atoms with van der Waals surface area (Å²) in [6.45, 7) is 23.2. The van der Waals surface area contributed by atoms with Crippen LogP contribution in [0.25, 0.3) is 0 Å². The van der Waals surface area contributed by atoms with Gasteiger partial charge in [0.2, 0.25) is 6.79 Å². The molecule has 0 radical (unpaired) electrons. The third-order valence-electron chi connectivity index (χ3n) is 17.6. The van der Waals surface area contributed by atoms with E-state index in [-0.39, 0.29) is 41.9 Å². The SMILES string of the molecule is CC(C)(C)S(=O)(=O)Cc1ccc(CCc2ccc3c(c2)OCO3)cc1.CC(C)N1C(=O)c2ccc(CCc3ccc(CS(=O)(=O)C(C)(C)C)cc3)cc2C1=O.Cc1cc(CCc2ccc(N3CCC(O)(c4ccc(Cl)cc4)CC3)cc2)ccc1CS(=O)(=O)C(C)(C)C. The lowest BCUT2D eigenvalue weighted by molar-refractivity contribution is 0.0117. The van der Waals surface area contributed by atoms with Crippen molar-refractivity contribution in [3.05, 3.63) is 229 Å². The number of piperidine rings is 1. The fraction of sp³-hybridized carbons (Fsp3) is 0.413. The molecule has 17 heteroatoms. The average Bonchev–Trinajstić information content (AvgIpc) is 1.58. The molecule has 0 spiro atoms. The minimum Gasteiger partial charge on any atom is -0.454 e. The molecule has 3 aliphatic rings. The van der Waals surface area contributed by atoms with Crippen LogP contribution in [0.3, 0.4) is 0 Å². The Morgan fingerprint density at radius 2 is 0.870 bits per heavy atom. The van der Waals surface area contributed by atoms with E-state index in [1.807, 2.05) is 124 Å². The van der Waals surface area contributed by atoms with E-state index in [4.69, 9.17) is 21.1 Å². The molecule has 10 rings (SSSR count). The Balaban J connectivity index is 0.000000181. The van der Waals surface area contributed by atoms with E-state index in [0.717, 1.165) is 102 Å². The summed E-state index contributed by atoms with van der Waals surface area (Å²) in [5.74, 6) is 1.35. The molecular formula is C75H91ClN2O11S3. The topological polar surface area (TPSA) is 182 Å². The van der Waals surface area contributed by atoms with E-state index < -0.39 is 49.4 Å². The Kier molecular flexibility index (Phi) is 22.2. The second-order valence-electron chi connectivity index (χ2n) is 27.8. The number of sulfone groups is 3. The molecule has 2 amide bonds. The van der Waals surface area contributed by atoms with Crippen molar-refractivity contribution < 1.29 is 49.4 Å². The molecule has 3 heterocycles. The fourth-order valence-corrected chi connectivity index (χ4v) is 14.3. The lowest BCUT2D eigenvalue weighted by Crippen LogP contribution is -2.42. The predicted molar refractivity (Wildman–Crippen MR) is 371 cm³/mol. The Hall–Kier alpha value is -6.82. The summed E-state index contributed by atoms with van der Waals surface area (Å²) in [6, 6.07) is 49.2. The number of halogens is 1. The maximum absolute atomic E-state index is 12.6. The van der Waals surface area contributed by atoms with Crippen LogP contribution in [-0.4, -0.2) is 87.2 Å². The molecule has 7 aromatic rings. The zero-order valence-electron chi connectivity index (χ0n) is 55.4. The maximum Gasteiger partial charge on any atom is 0.261 e. The van der Waals surface area contributed by atoms with Gasteiger partial charge in [-0.1, -0.05) is 115 Å². The summed E-state index contributed by atoms with van der Waals surface area (Å²) >= 11 is 6.01. The molecule has 1 fully saturated rings. The third kappa shape index (κ3) is 17.9. The number of fused-ring (bicyclic) bond motifs is 2. The highest BCUT2D eigenvalue weighted by atomic mass is 35.5. The first kappa shape index (κ1) is 71.0. The summed E-state index contributed by atoms with van der Waals surface area (Å²) in [7, 11) is -9.56. The molecule has 0 unspecified atom stereocenters. The van der Waals surface area contributed by atoms with Crippen LogP contribution in [0.2, 0.25) is 5.02 Å². The van der Waals surface area contributed by atoms with E-state index >= 15 is 0 Å². The summed E-state index contributed by atoms with van der Waals surface area (Å²) in [5.41, 5.74) is 12.8. The highest BCUT2D eigenvalue weighted by molar-refractivity contribution is 7.92. The molecule has 0 aliphatic carbocycles. The van der Waals surface area contributed by atoms with Gasteiger partial charge in [0.25, 0.3) is 11.8 Å². The minimum atomic E-state index is -3.21. The van der Waals surface area contributed by atoms with Crippen molar-refractivity contribution in [3.8, 4) is 11.5 Å². The number of carbonyl (C=O) groups excluding carboxylic acids is 2. The van der Waals surface area contributed by atoms with Crippen LogP contribution in [0.4, 0.5) is 5.69 Å². The molecule has 492 valence electrons. The average molecular weight is 1330 g/mol. The number of aliphatic hydroxyl groups is 1. The smallest absolute Gasteiger partial charge is 0.261 e. The highest BCUT2D eigenvalue weighted by Crippen LogP contribution is 2.37. The van der Waals surface area contributed by atoms with Crippen LogP contribution in [0.15, 0.2) is 152 Å². The van der Waals surface area contributed by atoms with Crippen molar-refractivity contribution in [2.24, 2.45) is 0 Å². The van der Waals surface area contributed by atoms with Crippen molar-refractivity contribution in [2.75, 3.05) is 24.8 Å². The zero-order valence-corrected chi connectivity index (χ0v) is 58.6. The monoisotopic (exact) mass is 1330 g/mol. The number of ether oxygens (including phenoxy) is 2. The number of aryl methyl sites for hydroxylation is 7. The van der Waals surface area contributed by atoms with Crippen LogP contribution >= 0.6 is 11.6 Å². The van der Waals surface area contributed by atoms with Gasteiger partial charge in [-0.25, -0.2) is 25.3 Å². The largest absolute Gasteiger partial charge is 0.454 e. The van der Waals surface area contributed by atoms with Gasteiger partial charge in [-0.15, -0.1) is 0 Å². The van der Waals surface area contributed by atoms with Gasteiger partial charge in [-0.2, -0.15) is 0 Å². The second-order valence-corrected chi connectivity index (χ2v) is 36.5. The van der Waals surface area contributed by atoms with E-state index in [9.17, 15) is 39.9 Å². The van der Waals surface area contributed by atoms with Crippen LogP contribution in [0, 0.1) is 6.92 Å². The van der Waals surface area contributed by atoms with Crippen LogP contribution in [-0.2, 0) is 90.9 Å². The Labute approximate surface area is 552 Å². The normalized spacial score (nSPS) is 15.0. The fourth-order valence-electron chi connectivity index (χ4n) is 10.9. The van der Waals surface area contributed by atoms with Crippen LogP contribution < -0.4 is 14.4 Å². The molecule has 3 aliphatic heterocycles. The summed E-state index contributed by atoms with van der Waals surface area (Å²) < 4.78 is 83.0. The molecule has 13 nitrogen and oxygen atoms in total. The van der Waals surface area contributed by atoms with E-state index in [1.165, 1.54) is 32.8 Å². The maximum atomic E-state index is 12.6. The number of benzene rings is 7. The van der Waals surface area contributed by atoms with Gasteiger partial charge >= 0.3 is 0 Å². The van der Waals surface area contributed by atoms with E-state index in [1.54, 1.807) is 68.4 Å². The Morgan fingerprint density at radius 3 is 1.35 bits per heavy atom. The Bertz CT molecular complexity index is 4080. The summed E-state index contributed by atoms with van der Waals surface area (Å²) in [6.07, 6.45) is 6.49. The van der Waals surface area contributed by atoms with Crippen molar-refractivity contribution in [1.29, 1.82) is 0 Å². The van der Waals surface area contributed by atoms with Gasteiger partial charge in [-0.3, -0.25) is 14.5 Å². The first-order valence-electron chi connectivity index (χ1n) is 31.6. The highest BCUT2D eigenvalue weighted by Gasteiger charge is 2.38. The molecule has 0 atom stereocenters. The number of anilines is 1. The van der Waals surface area contributed by atoms with Crippen LogP contribution in [0.5, 0.6) is 11.5 Å². The number of amides is 2. The number of imide groups is 1. The lowest BCUT2D eigenvalue weighted by Gasteiger charge is -2.39. The number of hydrogen-bond donors (Lipinski definition) is 1. The summed E-state index contributed by atoms with van der Waals surface area (Å²) in [5, 5.41) is 11.8. The van der Waals surface area contributed by atoms with E-state index in [2.05, 4.69) is 47.4 Å². The second kappa shape index (κ2) is 28.8. The van der Waals surface area contributed by atoms with E-state index in [0.29, 0.717) is 29.0 Å². The minimum absolute atomic E-state index is 0.0318. The van der Waals surface area contributed by atoms with Gasteiger partial charge in [-0.05, 0) is 244 Å². The standard InChI is InChI=1S/C31H38ClNO3S.C24H29NO4S.C20H24O4S/c1-23-21-25(7-10-26(23)22-37(35,36)30(2,3)4)6-5-24-8-15-29(16-9-24)33-19-17-31(34,18-20-33)27-11-13-28(32)14-12-27;1-16(2)25-22(26)20-13-12-18(14-21(20)23(25)27)9-6-17-7-10-19(11-8-17)15-30(28,29)24(3,4)5;1-20(2,3)25(21,22)13-17-8-5-15(6-9-17)4-7-16-10-11-18-19(12-16)24-14-23-18/h7-16,21,34H,5-6,17-20,22H2,1-4H3;7-8,10-14,16H,6,9,15H2,1-5H3;5-6,8-12H,4,7,13-14H2,1-3H3.